The predicted octanol–water partition coefficient (Wildman–Crippen LogP) is 3.10. The molecule has 7 heteroatoms. The van der Waals surface area contributed by atoms with E-state index in [0.717, 1.165) is 35.5 Å². The van der Waals surface area contributed by atoms with Crippen molar-refractivity contribution < 1.29 is 9.47 Å². The van der Waals surface area contributed by atoms with Crippen molar-refractivity contribution in [2.45, 2.75) is 37.0 Å². The van der Waals surface area contributed by atoms with E-state index in [1.54, 1.807) is 0 Å². The number of guanidine groups is 1. The Bertz CT molecular complexity index is 627. The van der Waals surface area contributed by atoms with Crippen LogP contribution in [0.2, 0.25) is 5.02 Å². The third kappa shape index (κ3) is 4.88. The Hall–Kier alpha value is -1.27. The van der Waals surface area contributed by atoms with Gasteiger partial charge in [0.2, 0.25) is 0 Å². The number of thioether (sulfide) groups is 1. The van der Waals surface area contributed by atoms with Gasteiger partial charge in [0.15, 0.2) is 17.5 Å². The van der Waals surface area contributed by atoms with E-state index in [2.05, 4.69) is 21.9 Å². The normalized spacial score (nSPS) is 22.8. The van der Waals surface area contributed by atoms with Gasteiger partial charge in [0, 0.05) is 24.9 Å². The van der Waals surface area contributed by atoms with Gasteiger partial charge in [-0.15, -0.1) is 0 Å². The lowest BCUT2D eigenvalue weighted by molar-refractivity contribution is 0.171. The molecule has 2 N–H and O–H groups in total. The Kier molecular flexibility index (Phi) is 6.59. The van der Waals surface area contributed by atoms with Gasteiger partial charge in [-0.2, -0.15) is 11.8 Å². The summed E-state index contributed by atoms with van der Waals surface area (Å²) in [4.78, 5) is 4.34. The summed E-state index contributed by atoms with van der Waals surface area (Å²) in [6, 6.07) is 4.48. The lowest BCUT2D eigenvalue weighted by Gasteiger charge is -2.20. The number of aliphatic imine (C=N–C) groups is 1. The highest BCUT2D eigenvalue weighted by Crippen LogP contribution is 2.38. The van der Waals surface area contributed by atoms with Crippen LogP contribution in [-0.2, 0) is 6.42 Å². The molecule has 1 aliphatic heterocycles. The highest BCUT2D eigenvalue weighted by molar-refractivity contribution is 7.99. The first-order valence-electron chi connectivity index (χ1n) is 8.77. The maximum Gasteiger partial charge on any atom is 0.191 e. The molecule has 1 aromatic rings. The summed E-state index contributed by atoms with van der Waals surface area (Å²) in [5, 5.41) is 8.31. The van der Waals surface area contributed by atoms with Crippen molar-refractivity contribution in [1.29, 1.82) is 0 Å². The second kappa shape index (κ2) is 8.90. The average molecular weight is 384 g/mol. The molecule has 0 amide bonds. The van der Waals surface area contributed by atoms with E-state index >= 15 is 0 Å². The fourth-order valence-electron chi connectivity index (χ4n) is 3.31. The van der Waals surface area contributed by atoms with Gasteiger partial charge in [0.1, 0.15) is 13.2 Å². The summed E-state index contributed by atoms with van der Waals surface area (Å²) in [6.07, 6.45) is 6.74. The molecule has 138 valence electrons. The largest absolute Gasteiger partial charge is 0.486 e. The lowest BCUT2D eigenvalue weighted by atomic mass is 10.1. The molecule has 0 saturated heterocycles. The molecule has 0 bridgehead atoms. The van der Waals surface area contributed by atoms with Crippen LogP contribution in [0.4, 0.5) is 0 Å². The number of nitrogens with one attached hydrogen (secondary N) is 2. The molecule has 1 heterocycles. The van der Waals surface area contributed by atoms with Crippen LogP contribution in [0.1, 0.15) is 24.8 Å². The number of halogens is 1. The van der Waals surface area contributed by atoms with Crippen molar-refractivity contribution in [1.82, 2.24) is 10.6 Å². The summed E-state index contributed by atoms with van der Waals surface area (Å²) < 4.78 is 11.2. The Morgan fingerprint density at radius 2 is 2.16 bits per heavy atom. The van der Waals surface area contributed by atoms with Gasteiger partial charge in [-0.3, -0.25) is 4.99 Å². The Labute approximate surface area is 158 Å². The van der Waals surface area contributed by atoms with Gasteiger partial charge >= 0.3 is 0 Å². The highest BCUT2D eigenvalue weighted by Gasteiger charge is 2.24. The molecule has 25 heavy (non-hydrogen) atoms. The maximum atomic E-state index is 6.29. The molecule has 1 fully saturated rings. The van der Waals surface area contributed by atoms with Crippen LogP contribution < -0.4 is 20.1 Å². The van der Waals surface area contributed by atoms with Crippen molar-refractivity contribution in [3.63, 3.8) is 0 Å². The molecule has 0 spiro atoms. The van der Waals surface area contributed by atoms with E-state index in [0.29, 0.717) is 30.0 Å². The number of hydrogen-bond acceptors (Lipinski definition) is 4. The fraction of sp³-hybridized carbons (Fsp3) is 0.611. The first-order chi connectivity index (χ1) is 12.2. The second-order valence-electron chi connectivity index (χ2n) is 6.36. The van der Waals surface area contributed by atoms with Crippen LogP contribution in [0.3, 0.4) is 0 Å². The summed E-state index contributed by atoms with van der Waals surface area (Å²) in [5.41, 5.74) is 1.13. The number of ether oxygens (including phenoxy) is 2. The van der Waals surface area contributed by atoms with E-state index in [4.69, 9.17) is 21.1 Å². The zero-order valence-corrected chi connectivity index (χ0v) is 16.4. The van der Waals surface area contributed by atoms with Crippen LogP contribution in [0, 0.1) is 0 Å². The van der Waals surface area contributed by atoms with E-state index in [1.807, 2.05) is 30.9 Å². The minimum atomic E-state index is 0.521. The zero-order chi connectivity index (χ0) is 17.6. The van der Waals surface area contributed by atoms with Crippen molar-refractivity contribution in [3.8, 4) is 11.5 Å². The molecule has 1 aliphatic carbocycles. The highest BCUT2D eigenvalue weighted by atomic mass is 35.5. The first-order valence-corrected chi connectivity index (χ1v) is 10.4. The van der Waals surface area contributed by atoms with Crippen molar-refractivity contribution >= 4 is 29.3 Å². The number of nitrogens with zero attached hydrogens (tertiary/aromatic N) is 1. The third-order valence-corrected chi connectivity index (χ3v) is 6.02. The zero-order valence-electron chi connectivity index (χ0n) is 14.8. The third-order valence-electron chi connectivity index (χ3n) is 4.65. The standard InChI is InChI=1S/C18H26ClN3O2S/c1-20-18(22-13-3-4-14(11-13)25-2)21-6-5-12-9-15(19)17-16(10-12)23-7-8-24-17/h9-10,13-14H,3-8,11H2,1-2H3,(H2,20,21,22). The van der Waals surface area contributed by atoms with Crippen LogP contribution in [0.25, 0.3) is 0 Å². The molecule has 2 unspecified atom stereocenters. The van der Waals surface area contributed by atoms with Crippen molar-refractivity contribution in [2.75, 3.05) is 33.1 Å². The van der Waals surface area contributed by atoms with E-state index in [-0.39, 0.29) is 0 Å². The molecule has 5 nitrogen and oxygen atoms in total. The summed E-state index contributed by atoms with van der Waals surface area (Å²) >= 11 is 8.26. The predicted molar refractivity (Wildman–Crippen MR) is 106 cm³/mol. The summed E-state index contributed by atoms with van der Waals surface area (Å²) in [5.74, 6) is 2.27. The molecule has 2 atom stereocenters. The van der Waals surface area contributed by atoms with E-state index in [1.165, 1.54) is 19.3 Å². The molecule has 0 radical (unpaired) electrons. The minimum absolute atomic E-state index is 0.521. The lowest BCUT2D eigenvalue weighted by Crippen LogP contribution is -2.43. The number of fused-ring (bicyclic) bond motifs is 1. The van der Waals surface area contributed by atoms with Gasteiger partial charge in [-0.1, -0.05) is 11.6 Å². The van der Waals surface area contributed by atoms with Gasteiger partial charge < -0.3 is 20.1 Å². The average Bonchev–Trinajstić information content (AvgIpc) is 3.08. The van der Waals surface area contributed by atoms with Crippen molar-refractivity contribution in [3.05, 3.63) is 22.7 Å². The quantitative estimate of drug-likeness (QED) is 0.604. The Morgan fingerprint density at radius 3 is 2.92 bits per heavy atom. The van der Waals surface area contributed by atoms with Crippen LogP contribution >= 0.6 is 23.4 Å². The molecule has 2 aliphatic rings. The van der Waals surface area contributed by atoms with Gasteiger partial charge in [0.05, 0.1) is 5.02 Å². The number of benzene rings is 1. The van der Waals surface area contributed by atoms with Crippen LogP contribution in [-0.4, -0.2) is 50.3 Å². The SMILES string of the molecule is CN=C(NCCc1cc(Cl)c2c(c1)OCCO2)NC1CCC(SC)C1. The van der Waals surface area contributed by atoms with Gasteiger partial charge in [-0.05, 0) is 49.6 Å². The number of rotatable bonds is 5. The van der Waals surface area contributed by atoms with E-state index in [9.17, 15) is 0 Å². The second-order valence-corrected chi connectivity index (χ2v) is 7.91. The van der Waals surface area contributed by atoms with E-state index < -0.39 is 0 Å². The summed E-state index contributed by atoms with van der Waals surface area (Å²) in [6.45, 7) is 1.91. The number of hydrogen-bond donors (Lipinski definition) is 2. The Balaban J connectivity index is 1.49. The van der Waals surface area contributed by atoms with Crippen molar-refractivity contribution in [2.24, 2.45) is 4.99 Å². The smallest absolute Gasteiger partial charge is 0.191 e. The Morgan fingerprint density at radius 1 is 1.32 bits per heavy atom. The maximum absolute atomic E-state index is 6.29. The van der Waals surface area contributed by atoms with Gasteiger partial charge in [-0.25, -0.2) is 0 Å². The first kappa shape index (κ1) is 18.5. The van der Waals surface area contributed by atoms with Crippen LogP contribution in [0.5, 0.6) is 11.5 Å². The molecule has 0 aromatic heterocycles. The monoisotopic (exact) mass is 383 g/mol. The van der Waals surface area contributed by atoms with Crippen LogP contribution in [0.15, 0.2) is 17.1 Å². The summed E-state index contributed by atoms with van der Waals surface area (Å²) in [7, 11) is 1.82. The minimum Gasteiger partial charge on any atom is -0.486 e. The topological polar surface area (TPSA) is 54.9 Å². The fourth-order valence-corrected chi connectivity index (χ4v) is 4.39. The molecule has 3 rings (SSSR count). The van der Waals surface area contributed by atoms with Gasteiger partial charge in [0.25, 0.3) is 0 Å². The molecule has 1 saturated carbocycles. The molecule has 1 aromatic carbocycles. The molecular formula is C18H26ClN3O2S. The molecular weight excluding hydrogens is 358 g/mol.